The molecule has 1 amide bonds. The maximum absolute atomic E-state index is 12.9. The molecule has 12 heteroatoms. The molecule has 1 aromatic heterocycles. The second kappa shape index (κ2) is 13.4. The molecule has 238 valence electrons. The summed E-state index contributed by atoms with van der Waals surface area (Å²) >= 11 is 0. The normalized spacial score (nSPS) is 12.5. The van der Waals surface area contributed by atoms with Crippen LogP contribution in [0, 0.1) is 6.92 Å². The van der Waals surface area contributed by atoms with E-state index in [9.17, 15) is 22.8 Å². The van der Waals surface area contributed by atoms with E-state index in [0.29, 0.717) is 33.9 Å². The van der Waals surface area contributed by atoms with E-state index in [0.717, 1.165) is 17.2 Å². The van der Waals surface area contributed by atoms with Gasteiger partial charge in [0.15, 0.2) is 0 Å². The third-order valence-electron chi connectivity index (χ3n) is 5.76. The van der Waals surface area contributed by atoms with Crippen LogP contribution >= 0.6 is 0 Å². The summed E-state index contributed by atoms with van der Waals surface area (Å²) in [5, 5.41) is 0.772. The quantitative estimate of drug-likeness (QED) is 0.191. The molecule has 0 saturated heterocycles. The van der Waals surface area contributed by atoms with Crippen LogP contribution in [0.1, 0.15) is 71.0 Å². The number of carbonyl (C=O) groups excluding carboxylic acids is 2. The summed E-state index contributed by atoms with van der Waals surface area (Å²) in [7, 11) is 0. The number of allylic oxidation sites excluding steroid dienone is 1. The Morgan fingerprint density at radius 1 is 0.932 bits per heavy atom. The van der Waals surface area contributed by atoms with Crippen LogP contribution in [0.4, 0.5) is 22.8 Å². The van der Waals surface area contributed by atoms with Crippen molar-refractivity contribution in [1.82, 2.24) is 10.0 Å². The molecule has 0 saturated carbocycles. The topological polar surface area (TPSA) is 100 Å². The third-order valence-corrected chi connectivity index (χ3v) is 5.76. The number of halogens is 3. The highest BCUT2D eigenvalue weighted by Crippen LogP contribution is 2.32. The molecule has 0 unspecified atom stereocenters. The molecule has 1 heterocycles. The molecule has 0 N–H and O–H groups in total. The summed E-state index contributed by atoms with van der Waals surface area (Å²) in [5.41, 5.74) is -0.175. The van der Waals surface area contributed by atoms with E-state index >= 15 is 0 Å². The van der Waals surface area contributed by atoms with E-state index < -0.39 is 35.2 Å². The van der Waals surface area contributed by atoms with Gasteiger partial charge in [-0.2, -0.15) is 13.2 Å². The van der Waals surface area contributed by atoms with Gasteiger partial charge in [-0.15, -0.1) is 5.06 Å². The molecule has 44 heavy (non-hydrogen) atoms. The number of aryl methyl sites for hydroxylation is 1. The molecular formula is C32H37F3N2O7. The fourth-order valence-electron chi connectivity index (χ4n) is 3.70. The largest absolute Gasteiger partial charge is 0.534 e. The van der Waals surface area contributed by atoms with Crippen molar-refractivity contribution in [2.45, 2.75) is 79.4 Å². The van der Waals surface area contributed by atoms with Crippen molar-refractivity contribution in [2.75, 3.05) is 6.54 Å². The zero-order chi connectivity index (χ0) is 32.9. The Morgan fingerprint density at radius 2 is 1.55 bits per heavy atom. The van der Waals surface area contributed by atoms with E-state index in [1.165, 1.54) is 12.1 Å². The number of alkyl halides is 3. The number of hydrogen-bond acceptors (Lipinski definition) is 8. The minimum absolute atomic E-state index is 0.0199. The number of nitrogens with zero attached hydrogens (tertiary/aromatic N) is 2. The third kappa shape index (κ3) is 10.1. The summed E-state index contributed by atoms with van der Waals surface area (Å²) in [6.45, 7) is 13.4. The van der Waals surface area contributed by atoms with Crippen LogP contribution in [0.15, 0.2) is 59.0 Å². The molecule has 0 fully saturated rings. The first-order valence-electron chi connectivity index (χ1n) is 13.8. The second-order valence-electron chi connectivity index (χ2n) is 11.9. The monoisotopic (exact) mass is 618 g/mol. The van der Waals surface area contributed by atoms with E-state index in [2.05, 4.69) is 4.98 Å². The van der Waals surface area contributed by atoms with E-state index in [4.69, 9.17) is 23.5 Å². The summed E-state index contributed by atoms with van der Waals surface area (Å²) < 4.78 is 61.1. The molecule has 0 bridgehead atoms. The van der Waals surface area contributed by atoms with Crippen molar-refractivity contribution in [3.63, 3.8) is 0 Å². The molecule has 0 aliphatic carbocycles. The maximum atomic E-state index is 12.9. The lowest BCUT2D eigenvalue weighted by atomic mass is 10.1. The average Bonchev–Trinajstić information content (AvgIpc) is 3.27. The Bertz CT molecular complexity index is 1480. The Morgan fingerprint density at radius 3 is 2.14 bits per heavy atom. The molecule has 0 atom stereocenters. The molecule has 0 aliphatic heterocycles. The van der Waals surface area contributed by atoms with Crippen molar-refractivity contribution < 1.29 is 46.2 Å². The van der Waals surface area contributed by atoms with Gasteiger partial charge in [-0.3, -0.25) is 4.84 Å². The first-order chi connectivity index (χ1) is 20.3. The lowest BCUT2D eigenvalue weighted by Crippen LogP contribution is -2.39. The SMILES string of the molecule is C/C(=C\CN(OC(=O)OC(C)(C)C)C(=O)OC(C)(C)C)c1ccccc1OCc1nc(-c2ccc(C(F)(F)F)cc2)oc1C. The Labute approximate surface area is 254 Å². The van der Waals surface area contributed by atoms with Crippen molar-refractivity contribution in [3.05, 3.63) is 77.2 Å². The number of oxazole rings is 1. The van der Waals surface area contributed by atoms with Gasteiger partial charge in [-0.05, 0) is 91.3 Å². The average molecular weight is 619 g/mol. The molecule has 0 radical (unpaired) electrons. The number of hydroxylamine groups is 2. The first kappa shape index (κ1) is 34.0. The lowest BCUT2D eigenvalue weighted by Gasteiger charge is -2.26. The van der Waals surface area contributed by atoms with Crippen LogP contribution in [0.25, 0.3) is 17.0 Å². The van der Waals surface area contributed by atoms with Gasteiger partial charge in [0.05, 0.1) is 12.1 Å². The summed E-state index contributed by atoms with van der Waals surface area (Å²) in [6, 6.07) is 11.7. The standard InChI is InChI=1S/C32H37F3N2O7/c1-20(17-18-37(28(38)42-30(3,4)5)44-29(39)43-31(6,7)8)24-11-9-10-12-26(24)40-19-25-21(2)41-27(36-25)22-13-15-23(16-14-22)32(33,34)35/h9-17H,18-19H2,1-8H3/b20-17+. The summed E-state index contributed by atoms with van der Waals surface area (Å²) in [4.78, 5) is 34.7. The zero-order valence-electron chi connectivity index (χ0n) is 26.0. The fraction of sp³-hybridized carbons (Fsp3) is 0.406. The van der Waals surface area contributed by atoms with Gasteiger partial charge in [-0.25, -0.2) is 14.6 Å². The Hall–Kier alpha value is -4.48. The molecule has 9 nitrogen and oxygen atoms in total. The van der Waals surface area contributed by atoms with Gasteiger partial charge < -0.3 is 18.6 Å². The maximum Gasteiger partial charge on any atom is 0.534 e. The van der Waals surface area contributed by atoms with Crippen LogP contribution in [-0.2, 0) is 27.1 Å². The minimum atomic E-state index is -4.44. The molecule has 3 aromatic rings. The van der Waals surface area contributed by atoms with Crippen LogP contribution in [0.3, 0.4) is 0 Å². The summed E-state index contributed by atoms with van der Waals surface area (Å²) in [6.07, 6.45) is -4.71. The molecule has 2 aromatic carbocycles. The highest BCUT2D eigenvalue weighted by atomic mass is 19.4. The van der Waals surface area contributed by atoms with Crippen molar-refractivity contribution in [2.24, 2.45) is 0 Å². The van der Waals surface area contributed by atoms with Gasteiger partial charge in [-0.1, -0.05) is 24.3 Å². The van der Waals surface area contributed by atoms with Crippen molar-refractivity contribution in [1.29, 1.82) is 0 Å². The van der Waals surface area contributed by atoms with Gasteiger partial charge in [0, 0.05) is 11.1 Å². The van der Waals surface area contributed by atoms with Crippen LogP contribution in [-0.4, -0.2) is 40.0 Å². The number of rotatable bonds is 7. The van der Waals surface area contributed by atoms with E-state index in [-0.39, 0.29) is 19.0 Å². The van der Waals surface area contributed by atoms with Crippen molar-refractivity contribution in [3.8, 4) is 17.2 Å². The fourth-order valence-corrected chi connectivity index (χ4v) is 3.70. The molecule has 0 aliphatic rings. The Balaban J connectivity index is 1.76. The molecule has 0 spiro atoms. The minimum Gasteiger partial charge on any atom is -0.487 e. The number of para-hydroxylation sites is 1. The predicted octanol–water partition coefficient (Wildman–Crippen LogP) is 8.75. The number of aromatic nitrogens is 1. The number of ether oxygens (including phenoxy) is 3. The van der Waals surface area contributed by atoms with Crippen molar-refractivity contribution >= 4 is 17.8 Å². The van der Waals surface area contributed by atoms with Gasteiger partial charge in [0.25, 0.3) is 0 Å². The van der Waals surface area contributed by atoms with Crippen LogP contribution < -0.4 is 4.74 Å². The molecular weight excluding hydrogens is 581 g/mol. The highest BCUT2D eigenvalue weighted by molar-refractivity contribution is 5.72. The number of hydrogen-bond donors (Lipinski definition) is 0. The molecule has 3 rings (SSSR count). The lowest BCUT2D eigenvalue weighted by molar-refractivity contribution is -0.137. The second-order valence-corrected chi connectivity index (χ2v) is 11.9. The summed E-state index contributed by atoms with van der Waals surface area (Å²) in [5.74, 6) is 1.12. The first-order valence-corrected chi connectivity index (χ1v) is 13.8. The van der Waals surface area contributed by atoms with Gasteiger partial charge in [0.2, 0.25) is 5.89 Å². The smallest absolute Gasteiger partial charge is 0.487 e. The van der Waals surface area contributed by atoms with Gasteiger partial charge >= 0.3 is 18.4 Å². The highest BCUT2D eigenvalue weighted by Gasteiger charge is 2.30. The zero-order valence-corrected chi connectivity index (χ0v) is 26.0. The predicted molar refractivity (Wildman–Crippen MR) is 156 cm³/mol. The number of benzene rings is 2. The number of amides is 1. The van der Waals surface area contributed by atoms with E-state index in [1.54, 1.807) is 73.6 Å². The van der Waals surface area contributed by atoms with Crippen LogP contribution in [0.5, 0.6) is 5.75 Å². The van der Waals surface area contributed by atoms with Crippen LogP contribution in [0.2, 0.25) is 0 Å². The Kier molecular flexibility index (Phi) is 10.4. The van der Waals surface area contributed by atoms with E-state index in [1.807, 2.05) is 12.1 Å². The number of carbonyl (C=O) groups is 2. The van der Waals surface area contributed by atoms with Gasteiger partial charge in [0.1, 0.15) is 35.0 Å².